The summed E-state index contributed by atoms with van der Waals surface area (Å²) in [7, 11) is -10.1. The molecule has 4 rings (SSSR count). The van der Waals surface area contributed by atoms with Crippen molar-refractivity contribution >= 4 is 54.9 Å². The molecule has 0 aliphatic heterocycles. The number of rotatable bonds is 9. The van der Waals surface area contributed by atoms with Crippen LogP contribution in [0.5, 0.6) is 11.5 Å². The Bertz CT molecular complexity index is 1960. The van der Waals surface area contributed by atoms with Gasteiger partial charge in [0.1, 0.15) is 32.4 Å². The van der Waals surface area contributed by atoms with Crippen LogP contribution in [0.25, 0.3) is 11.1 Å². The molecule has 0 unspecified atom stereocenters. The number of azo groups is 2. The van der Waals surface area contributed by atoms with Crippen LogP contribution in [0, 0.1) is 0 Å². The molecule has 4 aromatic carbocycles. The van der Waals surface area contributed by atoms with Crippen LogP contribution in [0.3, 0.4) is 0 Å². The number of nitrogens with zero attached hydrogens (tertiary/aromatic N) is 4. The Hall–Kier alpha value is -5.56. The Labute approximate surface area is 247 Å². The summed E-state index contributed by atoms with van der Waals surface area (Å²) in [6.07, 6.45) is 0. The number of carboxylic acid groups (broad SMARTS) is 2. The molecule has 0 heterocycles. The van der Waals surface area contributed by atoms with Gasteiger partial charge in [-0.05, 0) is 48.5 Å². The van der Waals surface area contributed by atoms with E-state index in [-0.39, 0.29) is 33.9 Å². The molecule has 0 fully saturated rings. The summed E-state index contributed by atoms with van der Waals surface area (Å²) in [5.41, 5.74) is -1.82. The Balaban J connectivity index is 1.74. The van der Waals surface area contributed by atoms with Crippen molar-refractivity contribution in [3.8, 4) is 22.6 Å². The van der Waals surface area contributed by atoms with E-state index in [0.717, 1.165) is 48.5 Å². The fraction of sp³-hybridized carbons (Fsp3) is 0. The topological polar surface area (TPSA) is 273 Å². The SMILES string of the molecule is O=C(O)c1ccc(/N=N/c2ccc(-c3ccc(/N=N/c4ccc(C(=O)O)c(O)c4)cc3S(=O)(=O)O)c(S(=O)(=O)O)c2)cc1O. The van der Waals surface area contributed by atoms with E-state index in [1.165, 1.54) is 24.3 Å². The highest BCUT2D eigenvalue weighted by atomic mass is 32.2. The van der Waals surface area contributed by atoms with Crippen molar-refractivity contribution in [2.45, 2.75) is 9.79 Å². The molecule has 0 bridgehead atoms. The lowest BCUT2D eigenvalue weighted by atomic mass is 10.0. The molecule has 0 aliphatic rings. The third-order valence-corrected chi connectivity index (χ3v) is 7.55. The third kappa shape index (κ3) is 7.07. The first-order valence-electron chi connectivity index (χ1n) is 11.7. The van der Waals surface area contributed by atoms with Gasteiger partial charge in [0.15, 0.2) is 0 Å². The molecule has 0 atom stereocenters. The van der Waals surface area contributed by atoms with Gasteiger partial charge in [0, 0.05) is 23.3 Å². The number of benzene rings is 4. The zero-order valence-electron chi connectivity index (χ0n) is 21.7. The van der Waals surface area contributed by atoms with Crippen molar-refractivity contribution in [3.63, 3.8) is 0 Å². The van der Waals surface area contributed by atoms with Crippen molar-refractivity contribution in [3.05, 3.63) is 83.9 Å². The fourth-order valence-corrected chi connectivity index (χ4v) is 5.23. The van der Waals surface area contributed by atoms with Gasteiger partial charge in [-0.1, -0.05) is 12.1 Å². The molecular weight excluding hydrogens is 624 g/mol. The number of carboxylic acids is 2. The van der Waals surface area contributed by atoms with E-state index >= 15 is 0 Å². The van der Waals surface area contributed by atoms with Crippen LogP contribution in [0.15, 0.2) is 103 Å². The standard InChI is InChI=1S/C26H18N4O12S2/c31-21-9-13(3-7-19(21)25(33)34)27-29-15-1-5-17(23(11-15)43(37,38)39)18-6-2-16(12-24(18)44(40,41)42)30-28-14-4-8-20(26(35)36)22(32)10-14/h1-12,31-32H,(H,33,34)(H,35,36)(H,37,38,39)(H,40,41,42)/b29-27+,30-28+. The van der Waals surface area contributed by atoms with Crippen LogP contribution in [-0.4, -0.2) is 58.3 Å². The molecule has 0 spiro atoms. The first-order chi connectivity index (χ1) is 20.5. The molecular formula is C26H18N4O12S2. The number of phenols is 2. The highest BCUT2D eigenvalue weighted by Gasteiger charge is 2.24. The molecule has 4 aromatic rings. The summed E-state index contributed by atoms with van der Waals surface area (Å²) in [5.74, 6) is -3.96. The lowest BCUT2D eigenvalue weighted by Crippen LogP contribution is -2.05. The van der Waals surface area contributed by atoms with Crippen LogP contribution < -0.4 is 0 Å². The minimum Gasteiger partial charge on any atom is -0.507 e. The third-order valence-electron chi connectivity index (χ3n) is 5.76. The number of aromatic hydroxyl groups is 2. The van der Waals surface area contributed by atoms with Crippen LogP contribution in [0.1, 0.15) is 20.7 Å². The zero-order chi connectivity index (χ0) is 32.4. The maximum Gasteiger partial charge on any atom is 0.339 e. The average molecular weight is 643 g/mol. The molecule has 0 saturated heterocycles. The van der Waals surface area contributed by atoms with Crippen LogP contribution >= 0.6 is 0 Å². The van der Waals surface area contributed by atoms with E-state index in [0.29, 0.717) is 0 Å². The van der Waals surface area contributed by atoms with E-state index in [9.17, 15) is 45.7 Å². The average Bonchev–Trinajstić information content (AvgIpc) is 2.93. The second kappa shape index (κ2) is 12.0. The Kier molecular flexibility index (Phi) is 8.54. The van der Waals surface area contributed by atoms with Gasteiger partial charge in [0.25, 0.3) is 20.2 Å². The number of carbonyl (C=O) groups is 2. The number of hydrogen-bond donors (Lipinski definition) is 6. The molecule has 0 aliphatic carbocycles. The monoisotopic (exact) mass is 642 g/mol. The molecule has 0 aromatic heterocycles. The van der Waals surface area contributed by atoms with Crippen LogP contribution in [0.2, 0.25) is 0 Å². The van der Waals surface area contributed by atoms with Gasteiger partial charge in [-0.15, -0.1) is 0 Å². The summed E-state index contributed by atoms with van der Waals surface area (Å²) in [6, 6.07) is 12.8. The van der Waals surface area contributed by atoms with Gasteiger partial charge >= 0.3 is 11.9 Å². The zero-order valence-corrected chi connectivity index (χ0v) is 23.3. The van der Waals surface area contributed by atoms with Crippen molar-refractivity contribution in [2.75, 3.05) is 0 Å². The minimum absolute atomic E-state index is 0.00330. The normalized spacial score (nSPS) is 12.1. The van der Waals surface area contributed by atoms with Crippen molar-refractivity contribution in [1.82, 2.24) is 0 Å². The van der Waals surface area contributed by atoms with Gasteiger partial charge in [0.2, 0.25) is 0 Å². The van der Waals surface area contributed by atoms with Gasteiger partial charge in [-0.25, -0.2) is 9.59 Å². The predicted molar refractivity (Wildman–Crippen MR) is 150 cm³/mol. The maximum atomic E-state index is 12.3. The van der Waals surface area contributed by atoms with E-state index in [1.807, 2.05) is 0 Å². The molecule has 16 nitrogen and oxygen atoms in total. The van der Waals surface area contributed by atoms with Gasteiger partial charge in [0.05, 0.1) is 22.7 Å². The Morgan fingerprint density at radius 2 is 0.795 bits per heavy atom. The molecule has 6 N–H and O–H groups in total. The van der Waals surface area contributed by atoms with Crippen molar-refractivity contribution < 1.29 is 56.0 Å². The highest BCUT2D eigenvalue weighted by molar-refractivity contribution is 7.86. The largest absolute Gasteiger partial charge is 0.507 e. The quantitative estimate of drug-likeness (QED) is 0.0977. The Morgan fingerprint density at radius 3 is 1.07 bits per heavy atom. The van der Waals surface area contributed by atoms with Crippen molar-refractivity contribution in [2.24, 2.45) is 20.5 Å². The summed E-state index contributed by atoms with van der Waals surface area (Å²) >= 11 is 0. The summed E-state index contributed by atoms with van der Waals surface area (Å²) in [5, 5.41) is 52.8. The molecule has 44 heavy (non-hydrogen) atoms. The van der Waals surface area contributed by atoms with Crippen LogP contribution in [-0.2, 0) is 20.2 Å². The van der Waals surface area contributed by atoms with Gasteiger partial charge in [-0.3, -0.25) is 9.11 Å². The first kappa shape index (κ1) is 31.4. The Morgan fingerprint density at radius 1 is 0.500 bits per heavy atom. The van der Waals surface area contributed by atoms with E-state index in [2.05, 4.69) is 20.5 Å². The summed E-state index contributed by atoms with van der Waals surface area (Å²) in [6.45, 7) is 0. The maximum absolute atomic E-state index is 12.3. The fourth-order valence-electron chi connectivity index (χ4n) is 3.78. The molecule has 0 amide bonds. The van der Waals surface area contributed by atoms with Crippen molar-refractivity contribution in [1.29, 1.82) is 0 Å². The van der Waals surface area contributed by atoms with E-state index < -0.39 is 64.6 Å². The molecule has 226 valence electrons. The number of aromatic carboxylic acids is 2. The molecule has 0 radical (unpaired) electrons. The van der Waals surface area contributed by atoms with Gasteiger partial charge in [-0.2, -0.15) is 37.3 Å². The summed E-state index contributed by atoms with van der Waals surface area (Å²) < 4.78 is 68.9. The van der Waals surface area contributed by atoms with Crippen LogP contribution in [0.4, 0.5) is 22.7 Å². The molecule has 0 saturated carbocycles. The predicted octanol–water partition coefficient (Wildman–Crippen LogP) is 5.49. The van der Waals surface area contributed by atoms with Gasteiger partial charge < -0.3 is 20.4 Å². The smallest absolute Gasteiger partial charge is 0.339 e. The minimum atomic E-state index is -5.03. The second-order valence-electron chi connectivity index (χ2n) is 8.72. The molecule has 18 heteroatoms. The number of hydrogen-bond acceptors (Lipinski definition) is 12. The second-order valence-corrected chi connectivity index (χ2v) is 11.5. The van der Waals surface area contributed by atoms with E-state index in [1.54, 1.807) is 0 Å². The van der Waals surface area contributed by atoms with E-state index in [4.69, 9.17) is 10.2 Å². The summed E-state index contributed by atoms with van der Waals surface area (Å²) in [4.78, 5) is 20.5. The lowest BCUT2D eigenvalue weighted by molar-refractivity contribution is 0.0682. The highest BCUT2D eigenvalue weighted by Crippen LogP contribution is 2.37. The lowest BCUT2D eigenvalue weighted by Gasteiger charge is -2.12. The first-order valence-corrected chi connectivity index (χ1v) is 14.6.